The molecule has 1 saturated carbocycles. The van der Waals surface area contributed by atoms with E-state index in [0.717, 1.165) is 37.7 Å². The number of hydrogen-bond donors (Lipinski definition) is 2. The molecule has 0 aliphatic heterocycles. The van der Waals surface area contributed by atoms with E-state index in [4.69, 9.17) is 5.84 Å². The zero-order valence-corrected chi connectivity index (χ0v) is 12.2. The molecule has 20 heavy (non-hydrogen) atoms. The number of hydrogen-bond acceptors (Lipinski definition) is 2. The molecule has 0 heterocycles. The number of hydrazine groups is 1. The van der Waals surface area contributed by atoms with E-state index >= 15 is 0 Å². The van der Waals surface area contributed by atoms with Crippen molar-refractivity contribution in [2.24, 2.45) is 23.6 Å². The molecular weight excluding hydrogens is 258 g/mol. The fourth-order valence-electron chi connectivity index (χ4n) is 3.40. The second-order valence-electron chi connectivity index (χ2n) is 6.27. The van der Waals surface area contributed by atoms with Crippen LogP contribution in [-0.4, -0.2) is 0 Å². The van der Waals surface area contributed by atoms with Crippen LogP contribution in [0.3, 0.4) is 0 Å². The highest BCUT2D eigenvalue weighted by atomic mass is 19.1. The van der Waals surface area contributed by atoms with E-state index in [-0.39, 0.29) is 6.04 Å². The van der Waals surface area contributed by atoms with Gasteiger partial charge in [-0.3, -0.25) is 11.3 Å². The summed E-state index contributed by atoms with van der Waals surface area (Å²) in [5.74, 6) is 6.35. The SMILES string of the molecule is CC(C)C1CCC(C(NN)c2cc(F)cc(F)c2)CC1. The molecule has 1 aliphatic carbocycles. The highest BCUT2D eigenvalue weighted by Crippen LogP contribution is 2.39. The van der Waals surface area contributed by atoms with E-state index in [1.54, 1.807) is 0 Å². The molecule has 0 bridgehead atoms. The Kier molecular flexibility index (Phi) is 5.11. The standard InChI is InChI=1S/C16H24F2N2/c1-10(2)11-3-5-12(6-4-11)16(20-19)13-7-14(17)9-15(18)8-13/h7-12,16,20H,3-6,19H2,1-2H3. The average Bonchev–Trinajstić information content (AvgIpc) is 2.39. The van der Waals surface area contributed by atoms with Crippen LogP contribution >= 0.6 is 0 Å². The molecule has 1 fully saturated rings. The van der Waals surface area contributed by atoms with Crippen LogP contribution in [0.25, 0.3) is 0 Å². The van der Waals surface area contributed by atoms with Crippen molar-refractivity contribution in [2.45, 2.75) is 45.6 Å². The summed E-state index contributed by atoms with van der Waals surface area (Å²) in [4.78, 5) is 0. The number of benzene rings is 1. The van der Waals surface area contributed by atoms with Crippen LogP contribution in [0, 0.1) is 29.4 Å². The van der Waals surface area contributed by atoms with Gasteiger partial charge in [-0.15, -0.1) is 0 Å². The van der Waals surface area contributed by atoms with E-state index in [1.807, 2.05) is 0 Å². The van der Waals surface area contributed by atoms with Crippen molar-refractivity contribution in [3.05, 3.63) is 35.4 Å². The van der Waals surface area contributed by atoms with Crippen LogP contribution in [0.1, 0.15) is 51.1 Å². The smallest absolute Gasteiger partial charge is 0.126 e. The van der Waals surface area contributed by atoms with Gasteiger partial charge in [0.25, 0.3) is 0 Å². The highest BCUT2D eigenvalue weighted by molar-refractivity contribution is 5.22. The van der Waals surface area contributed by atoms with Crippen LogP contribution in [0.15, 0.2) is 18.2 Å². The van der Waals surface area contributed by atoms with Crippen LogP contribution in [0.2, 0.25) is 0 Å². The zero-order valence-electron chi connectivity index (χ0n) is 12.2. The van der Waals surface area contributed by atoms with Gasteiger partial charge in [0.1, 0.15) is 11.6 Å². The minimum absolute atomic E-state index is 0.173. The predicted octanol–water partition coefficient (Wildman–Crippen LogP) is 3.93. The third-order valence-electron chi connectivity index (χ3n) is 4.65. The van der Waals surface area contributed by atoms with E-state index in [1.165, 1.54) is 12.1 Å². The summed E-state index contributed by atoms with van der Waals surface area (Å²) < 4.78 is 26.7. The molecule has 0 radical (unpaired) electrons. The van der Waals surface area contributed by atoms with Gasteiger partial charge in [-0.1, -0.05) is 13.8 Å². The van der Waals surface area contributed by atoms with Gasteiger partial charge < -0.3 is 0 Å². The fourth-order valence-corrected chi connectivity index (χ4v) is 3.40. The second kappa shape index (κ2) is 6.64. The molecule has 1 aliphatic rings. The van der Waals surface area contributed by atoms with Crippen molar-refractivity contribution in [2.75, 3.05) is 0 Å². The lowest BCUT2D eigenvalue weighted by Gasteiger charge is -2.35. The Balaban J connectivity index is 2.09. The molecule has 1 unspecified atom stereocenters. The van der Waals surface area contributed by atoms with Crippen molar-refractivity contribution >= 4 is 0 Å². The lowest BCUT2D eigenvalue weighted by molar-refractivity contribution is 0.189. The summed E-state index contributed by atoms with van der Waals surface area (Å²) in [5.41, 5.74) is 3.36. The summed E-state index contributed by atoms with van der Waals surface area (Å²) >= 11 is 0. The Hall–Kier alpha value is -1.00. The summed E-state index contributed by atoms with van der Waals surface area (Å²) in [5, 5.41) is 0. The Morgan fingerprint density at radius 2 is 1.50 bits per heavy atom. The van der Waals surface area contributed by atoms with Crippen molar-refractivity contribution in [1.82, 2.24) is 5.43 Å². The number of rotatable bonds is 4. The summed E-state index contributed by atoms with van der Waals surface area (Å²) in [6.07, 6.45) is 4.43. The molecule has 112 valence electrons. The van der Waals surface area contributed by atoms with Gasteiger partial charge in [-0.25, -0.2) is 8.78 Å². The molecule has 1 aromatic carbocycles. The molecule has 0 saturated heterocycles. The van der Waals surface area contributed by atoms with Crippen LogP contribution < -0.4 is 11.3 Å². The van der Waals surface area contributed by atoms with Crippen molar-refractivity contribution in [3.63, 3.8) is 0 Å². The largest absolute Gasteiger partial charge is 0.271 e. The molecule has 1 aromatic rings. The quantitative estimate of drug-likeness (QED) is 0.648. The lowest BCUT2D eigenvalue weighted by atomic mass is 9.73. The zero-order chi connectivity index (χ0) is 14.7. The van der Waals surface area contributed by atoms with Gasteiger partial charge in [0.15, 0.2) is 0 Å². The maximum absolute atomic E-state index is 13.4. The number of halogens is 2. The monoisotopic (exact) mass is 282 g/mol. The first-order valence-electron chi connectivity index (χ1n) is 7.43. The average molecular weight is 282 g/mol. The molecule has 1 atom stereocenters. The van der Waals surface area contributed by atoms with Gasteiger partial charge in [0, 0.05) is 12.1 Å². The Morgan fingerprint density at radius 3 is 1.95 bits per heavy atom. The Bertz CT molecular complexity index is 420. The van der Waals surface area contributed by atoms with Crippen molar-refractivity contribution in [1.29, 1.82) is 0 Å². The minimum Gasteiger partial charge on any atom is -0.271 e. The van der Waals surface area contributed by atoms with Gasteiger partial charge >= 0.3 is 0 Å². The molecule has 3 N–H and O–H groups in total. The normalized spacial score (nSPS) is 24.9. The van der Waals surface area contributed by atoms with Gasteiger partial charge in [-0.05, 0) is 61.1 Å². The maximum atomic E-state index is 13.4. The third kappa shape index (κ3) is 3.55. The molecule has 2 nitrogen and oxygen atoms in total. The fraction of sp³-hybridized carbons (Fsp3) is 0.625. The summed E-state index contributed by atoms with van der Waals surface area (Å²) in [6, 6.07) is 3.48. The number of nitrogens with one attached hydrogen (secondary N) is 1. The van der Waals surface area contributed by atoms with E-state index < -0.39 is 11.6 Å². The maximum Gasteiger partial charge on any atom is 0.126 e. The topological polar surface area (TPSA) is 38.0 Å². The van der Waals surface area contributed by atoms with Crippen LogP contribution in [-0.2, 0) is 0 Å². The van der Waals surface area contributed by atoms with Gasteiger partial charge in [0.05, 0.1) is 0 Å². The second-order valence-corrected chi connectivity index (χ2v) is 6.27. The highest BCUT2D eigenvalue weighted by Gasteiger charge is 2.29. The Morgan fingerprint density at radius 1 is 1.00 bits per heavy atom. The molecule has 4 heteroatoms. The third-order valence-corrected chi connectivity index (χ3v) is 4.65. The summed E-state index contributed by atoms with van der Waals surface area (Å²) in [6.45, 7) is 4.51. The van der Waals surface area contributed by atoms with Gasteiger partial charge in [0.2, 0.25) is 0 Å². The first-order valence-corrected chi connectivity index (χ1v) is 7.43. The minimum atomic E-state index is -0.545. The molecule has 0 spiro atoms. The van der Waals surface area contributed by atoms with Crippen LogP contribution in [0.5, 0.6) is 0 Å². The molecule has 0 aromatic heterocycles. The summed E-state index contributed by atoms with van der Waals surface area (Å²) in [7, 11) is 0. The first-order chi connectivity index (χ1) is 9.51. The van der Waals surface area contributed by atoms with E-state index in [9.17, 15) is 8.78 Å². The van der Waals surface area contributed by atoms with Gasteiger partial charge in [-0.2, -0.15) is 0 Å². The lowest BCUT2D eigenvalue weighted by Crippen LogP contribution is -2.36. The van der Waals surface area contributed by atoms with E-state index in [2.05, 4.69) is 19.3 Å². The predicted molar refractivity (Wildman–Crippen MR) is 76.7 cm³/mol. The molecule has 0 amide bonds. The van der Waals surface area contributed by atoms with Crippen molar-refractivity contribution in [3.8, 4) is 0 Å². The molecule has 2 rings (SSSR count). The first kappa shape index (κ1) is 15.4. The van der Waals surface area contributed by atoms with Crippen LogP contribution in [0.4, 0.5) is 8.78 Å². The molecular formula is C16H24F2N2. The number of nitrogens with two attached hydrogens (primary N) is 1. The van der Waals surface area contributed by atoms with E-state index in [0.29, 0.717) is 17.4 Å². The van der Waals surface area contributed by atoms with Crippen molar-refractivity contribution < 1.29 is 8.78 Å². The Labute approximate surface area is 119 Å².